The molecule has 6 N–H and O–H groups in total. The maximum atomic E-state index is 7.33. The molecule has 116 valence electrons. The molecule has 0 aliphatic rings. The molecule has 0 bridgehead atoms. The van der Waals surface area contributed by atoms with Crippen LogP contribution < -0.4 is 11.5 Å². The second-order valence-electron chi connectivity index (χ2n) is 4.40. The van der Waals surface area contributed by atoms with Crippen LogP contribution in [0.3, 0.4) is 0 Å². The minimum Gasteiger partial charge on any atom is -0.384 e. The molecule has 6 heteroatoms. The van der Waals surface area contributed by atoms with E-state index in [1.165, 1.54) is 0 Å². The van der Waals surface area contributed by atoms with E-state index in [2.05, 4.69) is 0 Å². The van der Waals surface area contributed by atoms with E-state index in [-0.39, 0.29) is 36.5 Å². The zero-order chi connectivity index (χ0) is 14.5. The molecule has 0 radical (unpaired) electrons. The molecule has 0 heterocycles. The van der Waals surface area contributed by atoms with Gasteiger partial charge in [0.1, 0.15) is 11.7 Å². The molecule has 0 fully saturated rings. The van der Waals surface area contributed by atoms with Crippen LogP contribution in [-0.2, 0) is 0 Å². The van der Waals surface area contributed by atoms with Crippen molar-refractivity contribution < 1.29 is 0 Å². The highest BCUT2D eigenvalue weighted by Crippen LogP contribution is 2.10. The van der Waals surface area contributed by atoms with Crippen LogP contribution in [0.2, 0.25) is 0 Å². The summed E-state index contributed by atoms with van der Waals surface area (Å²) >= 11 is 0. The SMILES string of the molecule is Cl.Cl.N=C(N)c1ccc(C=Cc2ccc(C(=N)N)cc2)cc1. The van der Waals surface area contributed by atoms with Gasteiger partial charge in [0.05, 0.1) is 0 Å². The third-order valence-electron chi connectivity index (χ3n) is 2.91. The Kier molecular flexibility index (Phi) is 7.94. The number of hydrogen-bond acceptors (Lipinski definition) is 2. The number of nitrogens with two attached hydrogens (primary N) is 2. The van der Waals surface area contributed by atoms with Crippen molar-refractivity contribution in [2.45, 2.75) is 0 Å². The third-order valence-corrected chi connectivity index (χ3v) is 2.91. The van der Waals surface area contributed by atoms with E-state index in [4.69, 9.17) is 22.3 Å². The Morgan fingerprint density at radius 3 is 1.14 bits per heavy atom. The highest BCUT2D eigenvalue weighted by atomic mass is 35.5. The lowest BCUT2D eigenvalue weighted by Crippen LogP contribution is -2.10. The zero-order valence-electron chi connectivity index (χ0n) is 11.7. The summed E-state index contributed by atoms with van der Waals surface area (Å²) < 4.78 is 0. The monoisotopic (exact) mass is 336 g/mol. The second-order valence-corrected chi connectivity index (χ2v) is 4.40. The zero-order valence-corrected chi connectivity index (χ0v) is 13.4. The second kappa shape index (κ2) is 8.87. The van der Waals surface area contributed by atoms with Crippen molar-refractivity contribution in [2.75, 3.05) is 0 Å². The first-order chi connectivity index (χ1) is 9.56. The van der Waals surface area contributed by atoms with Crippen LogP contribution in [0.4, 0.5) is 0 Å². The van der Waals surface area contributed by atoms with Crippen LogP contribution in [0.15, 0.2) is 48.5 Å². The predicted octanol–water partition coefficient (Wildman–Crippen LogP) is 3.27. The van der Waals surface area contributed by atoms with Crippen molar-refractivity contribution in [1.82, 2.24) is 0 Å². The number of benzene rings is 2. The van der Waals surface area contributed by atoms with Crippen LogP contribution in [0.1, 0.15) is 22.3 Å². The molecule has 0 aromatic heterocycles. The summed E-state index contributed by atoms with van der Waals surface area (Å²) in [6.45, 7) is 0. The van der Waals surface area contributed by atoms with Gasteiger partial charge in [-0.05, 0) is 11.1 Å². The van der Waals surface area contributed by atoms with E-state index in [1.54, 1.807) is 0 Å². The van der Waals surface area contributed by atoms with Crippen LogP contribution in [-0.4, -0.2) is 11.7 Å². The molecule has 0 spiro atoms. The molecule has 0 aliphatic heterocycles. The largest absolute Gasteiger partial charge is 0.384 e. The molecule has 2 rings (SSSR count). The number of nitrogen functional groups attached to an aromatic ring is 2. The fourth-order valence-corrected chi connectivity index (χ4v) is 1.74. The van der Waals surface area contributed by atoms with Crippen LogP contribution in [0.5, 0.6) is 0 Å². The number of halogens is 2. The summed E-state index contributed by atoms with van der Waals surface area (Å²) in [6.07, 6.45) is 3.96. The van der Waals surface area contributed by atoms with Gasteiger partial charge < -0.3 is 11.5 Å². The Hall–Kier alpha value is -2.30. The Balaban J connectivity index is 0.00000220. The average molecular weight is 337 g/mol. The molecule has 0 atom stereocenters. The number of amidine groups is 2. The first-order valence-corrected chi connectivity index (χ1v) is 6.13. The average Bonchev–Trinajstić information content (AvgIpc) is 2.46. The highest BCUT2D eigenvalue weighted by molar-refractivity contribution is 5.95. The smallest absolute Gasteiger partial charge is 0.122 e. The molecular weight excluding hydrogens is 319 g/mol. The highest BCUT2D eigenvalue weighted by Gasteiger charge is 1.96. The molecule has 0 aliphatic carbocycles. The van der Waals surface area contributed by atoms with Gasteiger partial charge in [0.15, 0.2) is 0 Å². The van der Waals surface area contributed by atoms with E-state index in [0.29, 0.717) is 11.1 Å². The van der Waals surface area contributed by atoms with E-state index in [9.17, 15) is 0 Å². The van der Waals surface area contributed by atoms with Gasteiger partial charge in [0.2, 0.25) is 0 Å². The lowest BCUT2D eigenvalue weighted by Gasteiger charge is -2.00. The summed E-state index contributed by atoms with van der Waals surface area (Å²) in [6, 6.07) is 14.9. The van der Waals surface area contributed by atoms with Gasteiger partial charge in [0.25, 0.3) is 0 Å². The van der Waals surface area contributed by atoms with E-state index >= 15 is 0 Å². The van der Waals surface area contributed by atoms with Gasteiger partial charge in [-0.3, -0.25) is 10.8 Å². The first kappa shape index (κ1) is 19.7. The van der Waals surface area contributed by atoms with Gasteiger partial charge in [-0.25, -0.2) is 0 Å². The van der Waals surface area contributed by atoms with Gasteiger partial charge in [0, 0.05) is 11.1 Å². The summed E-state index contributed by atoms with van der Waals surface area (Å²) in [7, 11) is 0. The summed E-state index contributed by atoms with van der Waals surface area (Å²) in [5.74, 6) is 0.140. The van der Waals surface area contributed by atoms with E-state index in [0.717, 1.165) is 11.1 Å². The number of nitrogens with one attached hydrogen (secondary N) is 2. The van der Waals surface area contributed by atoms with Gasteiger partial charge in [-0.1, -0.05) is 60.7 Å². The Labute approximate surface area is 142 Å². The van der Waals surface area contributed by atoms with Crippen molar-refractivity contribution >= 4 is 48.6 Å². The molecule has 0 saturated carbocycles. The molecular formula is C16H18Cl2N4. The standard InChI is InChI=1S/C16H16N4.2ClH/c17-15(18)13-7-3-11(4-8-13)1-2-12-5-9-14(10-6-12)16(19)20;;/h1-10H,(H3,17,18)(H3,19,20);2*1H. The molecule has 0 amide bonds. The molecule has 4 nitrogen and oxygen atoms in total. The lowest BCUT2D eigenvalue weighted by atomic mass is 10.1. The number of hydrogen-bond donors (Lipinski definition) is 4. The van der Waals surface area contributed by atoms with Crippen molar-refractivity contribution in [3.63, 3.8) is 0 Å². The minimum absolute atomic E-state index is 0. The maximum Gasteiger partial charge on any atom is 0.122 e. The van der Waals surface area contributed by atoms with Crippen LogP contribution >= 0.6 is 24.8 Å². The lowest BCUT2D eigenvalue weighted by molar-refractivity contribution is 1.42. The summed E-state index contributed by atoms with van der Waals surface area (Å²) in [4.78, 5) is 0. The van der Waals surface area contributed by atoms with E-state index < -0.39 is 0 Å². The van der Waals surface area contributed by atoms with Gasteiger partial charge in [-0.2, -0.15) is 0 Å². The molecule has 2 aromatic carbocycles. The Morgan fingerprint density at radius 1 is 0.636 bits per heavy atom. The van der Waals surface area contributed by atoms with Crippen molar-refractivity contribution in [2.24, 2.45) is 11.5 Å². The van der Waals surface area contributed by atoms with Gasteiger partial charge in [-0.15, -0.1) is 24.8 Å². The quantitative estimate of drug-likeness (QED) is 0.391. The first-order valence-electron chi connectivity index (χ1n) is 6.13. The fourth-order valence-electron chi connectivity index (χ4n) is 1.74. The van der Waals surface area contributed by atoms with Gasteiger partial charge >= 0.3 is 0 Å². The fraction of sp³-hybridized carbons (Fsp3) is 0. The summed E-state index contributed by atoms with van der Waals surface area (Å²) in [5.41, 5.74) is 14.3. The molecule has 0 saturated heterocycles. The Morgan fingerprint density at radius 2 is 0.909 bits per heavy atom. The third kappa shape index (κ3) is 5.24. The molecule has 2 aromatic rings. The molecule has 22 heavy (non-hydrogen) atoms. The molecule has 0 unspecified atom stereocenters. The topological polar surface area (TPSA) is 99.7 Å². The van der Waals surface area contributed by atoms with E-state index in [1.807, 2.05) is 60.7 Å². The normalized spacial score (nSPS) is 9.64. The number of rotatable bonds is 4. The van der Waals surface area contributed by atoms with Crippen LogP contribution in [0, 0.1) is 10.8 Å². The van der Waals surface area contributed by atoms with Crippen LogP contribution in [0.25, 0.3) is 12.2 Å². The Bertz CT molecular complexity index is 602. The van der Waals surface area contributed by atoms with Crippen molar-refractivity contribution in [3.05, 3.63) is 70.8 Å². The summed E-state index contributed by atoms with van der Waals surface area (Å²) in [5, 5.41) is 14.7. The minimum atomic E-state index is 0. The predicted molar refractivity (Wildman–Crippen MR) is 98.3 cm³/mol. The maximum absolute atomic E-state index is 7.33. The van der Waals surface area contributed by atoms with Crippen molar-refractivity contribution in [3.8, 4) is 0 Å². The van der Waals surface area contributed by atoms with Crippen molar-refractivity contribution in [1.29, 1.82) is 10.8 Å².